The second kappa shape index (κ2) is 8.49. The Kier molecular flexibility index (Phi) is 5.64. The maximum Gasteiger partial charge on any atom is 0.133 e. The highest BCUT2D eigenvalue weighted by Crippen LogP contribution is 2.28. The number of fused-ring (bicyclic) bond motifs is 1. The fourth-order valence-electron chi connectivity index (χ4n) is 3.73. The number of ether oxygens (including phenoxy) is 2. The van der Waals surface area contributed by atoms with Crippen LogP contribution in [0.4, 0.5) is 5.69 Å². The first-order valence-corrected chi connectivity index (χ1v) is 9.89. The molecule has 0 spiro atoms. The molecule has 0 aromatic heterocycles. The normalized spacial score (nSPS) is 16.7. The van der Waals surface area contributed by atoms with Crippen molar-refractivity contribution in [2.45, 2.75) is 19.8 Å². The summed E-state index contributed by atoms with van der Waals surface area (Å²) in [6, 6.07) is 14.9. The minimum atomic E-state index is 0.743. The van der Waals surface area contributed by atoms with Gasteiger partial charge < -0.3 is 14.4 Å². The van der Waals surface area contributed by atoms with Crippen LogP contribution in [0.15, 0.2) is 54.8 Å². The number of nitrogens with zero attached hydrogens (tertiary/aromatic N) is 2. The van der Waals surface area contributed by atoms with E-state index in [0.29, 0.717) is 0 Å². The van der Waals surface area contributed by atoms with Crippen molar-refractivity contribution in [3.05, 3.63) is 65.9 Å². The molecule has 2 aliphatic rings. The molecular formula is C23H28N2O2. The van der Waals surface area contributed by atoms with E-state index in [1.54, 1.807) is 6.26 Å². The second-order valence-corrected chi connectivity index (χ2v) is 7.33. The van der Waals surface area contributed by atoms with E-state index in [-0.39, 0.29) is 0 Å². The number of rotatable bonds is 6. The van der Waals surface area contributed by atoms with E-state index in [1.165, 1.54) is 16.8 Å². The average molecular weight is 364 g/mol. The Balaban J connectivity index is 1.18. The van der Waals surface area contributed by atoms with Crippen LogP contribution in [0.3, 0.4) is 0 Å². The summed E-state index contributed by atoms with van der Waals surface area (Å²) in [5, 5.41) is 0. The van der Waals surface area contributed by atoms with Crippen LogP contribution in [0.1, 0.15) is 17.5 Å². The van der Waals surface area contributed by atoms with Crippen LogP contribution in [0.2, 0.25) is 0 Å². The van der Waals surface area contributed by atoms with Crippen molar-refractivity contribution in [2.24, 2.45) is 0 Å². The van der Waals surface area contributed by atoms with Crippen molar-refractivity contribution in [1.82, 2.24) is 4.90 Å². The van der Waals surface area contributed by atoms with Gasteiger partial charge in [0.25, 0.3) is 0 Å². The quantitative estimate of drug-likeness (QED) is 0.723. The van der Waals surface area contributed by atoms with Gasteiger partial charge in [-0.2, -0.15) is 0 Å². The van der Waals surface area contributed by atoms with Gasteiger partial charge in [-0.1, -0.05) is 18.2 Å². The fraction of sp³-hybridized carbons (Fsp3) is 0.391. The van der Waals surface area contributed by atoms with Crippen molar-refractivity contribution in [3.8, 4) is 11.5 Å². The van der Waals surface area contributed by atoms with Gasteiger partial charge in [-0.25, -0.2) is 0 Å². The Labute approximate surface area is 162 Å². The third-order valence-corrected chi connectivity index (χ3v) is 5.29. The summed E-state index contributed by atoms with van der Waals surface area (Å²) in [6.07, 6.45) is 5.76. The summed E-state index contributed by atoms with van der Waals surface area (Å²) in [5.41, 5.74) is 3.90. The number of hydrogen-bond acceptors (Lipinski definition) is 4. The first-order valence-electron chi connectivity index (χ1n) is 9.89. The van der Waals surface area contributed by atoms with E-state index in [1.807, 2.05) is 18.2 Å². The van der Waals surface area contributed by atoms with Crippen LogP contribution in [0.5, 0.6) is 11.5 Å². The Morgan fingerprint density at radius 3 is 2.78 bits per heavy atom. The predicted molar refractivity (Wildman–Crippen MR) is 110 cm³/mol. The maximum atomic E-state index is 5.93. The number of anilines is 1. The van der Waals surface area contributed by atoms with Crippen LogP contribution < -0.4 is 14.4 Å². The third kappa shape index (κ3) is 4.64. The second-order valence-electron chi connectivity index (χ2n) is 7.33. The summed E-state index contributed by atoms with van der Waals surface area (Å²) < 4.78 is 11.5. The van der Waals surface area contributed by atoms with Crippen molar-refractivity contribution in [1.29, 1.82) is 0 Å². The molecule has 0 saturated carbocycles. The van der Waals surface area contributed by atoms with Gasteiger partial charge in [0.1, 0.15) is 11.5 Å². The standard InChI is InChI=1S/C23H28N2O2/c1-19-5-2-7-21(17-19)25-13-11-24(12-14-25)10-4-16-26-22-9-8-20-6-3-15-27-23(20)18-22/h2-3,5,7-9,15,17-18H,4,6,10-14,16H2,1H3. The number of benzene rings is 2. The lowest BCUT2D eigenvalue weighted by Gasteiger charge is -2.36. The first-order chi connectivity index (χ1) is 13.3. The van der Waals surface area contributed by atoms with Crippen molar-refractivity contribution in [3.63, 3.8) is 0 Å². The van der Waals surface area contributed by atoms with Crippen LogP contribution >= 0.6 is 0 Å². The smallest absolute Gasteiger partial charge is 0.133 e. The van der Waals surface area contributed by atoms with Crippen LogP contribution in [0, 0.1) is 6.92 Å². The van der Waals surface area contributed by atoms with E-state index >= 15 is 0 Å². The molecule has 4 heteroatoms. The summed E-state index contributed by atoms with van der Waals surface area (Å²) in [7, 11) is 0. The molecular weight excluding hydrogens is 336 g/mol. The number of hydrogen-bond donors (Lipinski definition) is 0. The summed E-state index contributed by atoms with van der Waals surface area (Å²) >= 11 is 0. The van der Waals surface area contributed by atoms with E-state index in [2.05, 4.69) is 47.1 Å². The molecule has 2 heterocycles. The average Bonchev–Trinajstić information content (AvgIpc) is 2.71. The maximum absolute atomic E-state index is 5.93. The minimum Gasteiger partial charge on any atom is -0.493 e. The predicted octanol–water partition coefficient (Wildman–Crippen LogP) is 4.03. The zero-order chi connectivity index (χ0) is 18.5. The van der Waals surface area contributed by atoms with E-state index < -0.39 is 0 Å². The van der Waals surface area contributed by atoms with Gasteiger partial charge in [-0.05, 0) is 55.2 Å². The molecule has 0 atom stereocenters. The van der Waals surface area contributed by atoms with Crippen LogP contribution in [-0.4, -0.2) is 44.2 Å². The van der Waals surface area contributed by atoms with Crippen LogP contribution in [-0.2, 0) is 6.42 Å². The molecule has 0 bridgehead atoms. The number of aryl methyl sites for hydroxylation is 1. The highest BCUT2D eigenvalue weighted by atomic mass is 16.5. The molecule has 4 rings (SSSR count). The molecule has 4 nitrogen and oxygen atoms in total. The molecule has 1 fully saturated rings. The van der Waals surface area contributed by atoms with E-state index in [4.69, 9.17) is 9.47 Å². The summed E-state index contributed by atoms with van der Waals surface area (Å²) in [4.78, 5) is 5.03. The molecule has 0 N–H and O–H groups in total. The van der Waals surface area contributed by atoms with Gasteiger partial charge in [0.05, 0.1) is 12.9 Å². The Hall–Kier alpha value is -2.46. The molecule has 142 valence electrons. The van der Waals surface area contributed by atoms with Crippen molar-refractivity contribution >= 4 is 5.69 Å². The largest absolute Gasteiger partial charge is 0.493 e. The number of allylic oxidation sites excluding steroid dienone is 1. The highest BCUT2D eigenvalue weighted by molar-refractivity contribution is 5.48. The topological polar surface area (TPSA) is 24.9 Å². The summed E-state index contributed by atoms with van der Waals surface area (Å²) in [5.74, 6) is 1.82. The first kappa shape index (κ1) is 17.9. The Morgan fingerprint density at radius 1 is 1.04 bits per heavy atom. The van der Waals surface area contributed by atoms with E-state index in [9.17, 15) is 0 Å². The lowest BCUT2D eigenvalue weighted by molar-refractivity contribution is 0.224. The van der Waals surface area contributed by atoms with E-state index in [0.717, 1.165) is 63.7 Å². The van der Waals surface area contributed by atoms with Gasteiger partial charge in [0.15, 0.2) is 0 Å². The van der Waals surface area contributed by atoms with Gasteiger partial charge in [0.2, 0.25) is 0 Å². The minimum absolute atomic E-state index is 0.743. The molecule has 2 aromatic rings. The molecule has 0 amide bonds. The molecule has 0 aliphatic carbocycles. The zero-order valence-corrected chi connectivity index (χ0v) is 16.1. The van der Waals surface area contributed by atoms with Gasteiger partial charge in [-0.15, -0.1) is 0 Å². The Bertz CT molecular complexity index is 795. The molecule has 0 unspecified atom stereocenters. The molecule has 27 heavy (non-hydrogen) atoms. The SMILES string of the molecule is Cc1cccc(N2CCN(CCCOc3ccc4c(c3)OC=CC4)CC2)c1. The number of piperazine rings is 1. The summed E-state index contributed by atoms with van der Waals surface area (Å²) in [6.45, 7) is 8.42. The van der Waals surface area contributed by atoms with Crippen molar-refractivity contribution < 1.29 is 9.47 Å². The van der Waals surface area contributed by atoms with Gasteiger partial charge >= 0.3 is 0 Å². The monoisotopic (exact) mass is 364 g/mol. The zero-order valence-electron chi connectivity index (χ0n) is 16.1. The van der Waals surface area contributed by atoms with Crippen molar-refractivity contribution in [2.75, 3.05) is 44.2 Å². The van der Waals surface area contributed by atoms with Crippen LogP contribution in [0.25, 0.3) is 0 Å². The highest BCUT2D eigenvalue weighted by Gasteiger charge is 2.17. The van der Waals surface area contributed by atoms with Gasteiger partial charge in [0, 0.05) is 44.5 Å². The third-order valence-electron chi connectivity index (χ3n) is 5.29. The molecule has 2 aromatic carbocycles. The Morgan fingerprint density at radius 2 is 1.93 bits per heavy atom. The fourth-order valence-corrected chi connectivity index (χ4v) is 3.73. The lowest BCUT2D eigenvalue weighted by Crippen LogP contribution is -2.46. The molecule has 2 aliphatic heterocycles. The van der Waals surface area contributed by atoms with Gasteiger partial charge in [-0.3, -0.25) is 4.90 Å². The molecule has 1 saturated heterocycles. The lowest BCUT2D eigenvalue weighted by atomic mass is 10.1. The molecule has 0 radical (unpaired) electrons.